The molecule has 0 bridgehead atoms. The zero-order valence-electron chi connectivity index (χ0n) is 14.7. The van der Waals surface area contributed by atoms with Gasteiger partial charge in [0, 0.05) is 13.2 Å². The molecule has 2 rings (SSSR count). The fourth-order valence-electron chi connectivity index (χ4n) is 2.30. The third kappa shape index (κ3) is 6.04. The summed E-state index contributed by atoms with van der Waals surface area (Å²) in [5.41, 5.74) is 3.15. The first kappa shape index (κ1) is 18.7. The number of para-hydroxylation sites is 1. The second kappa shape index (κ2) is 9.59. The predicted octanol–water partition coefficient (Wildman–Crippen LogP) is 3.29. The van der Waals surface area contributed by atoms with Crippen molar-refractivity contribution in [2.75, 3.05) is 18.5 Å². The minimum atomic E-state index is -0.221. The van der Waals surface area contributed by atoms with E-state index in [4.69, 9.17) is 4.74 Å². The van der Waals surface area contributed by atoms with Gasteiger partial charge < -0.3 is 15.4 Å². The largest absolute Gasteiger partial charge is 0.381 e. The molecular formula is C20H24N2O3. The maximum atomic E-state index is 12.5. The van der Waals surface area contributed by atoms with Gasteiger partial charge in [0.1, 0.15) is 0 Å². The van der Waals surface area contributed by atoms with Crippen molar-refractivity contribution in [2.45, 2.75) is 26.8 Å². The van der Waals surface area contributed by atoms with Crippen LogP contribution in [-0.2, 0) is 16.1 Å². The molecule has 0 aliphatic heterocycles. The van der Waals surface area contributed by atoms with E-state index in [1.165, 1.54) is 5.56 Å². The third-order valence-electron chi connectivity index (χ3n) is 3.70. The van der Waals surface area contributed by atoms with E-state index in [-0.39, 0.29) is 18.2 Å². The van der Waals surface area contributed by atoms with Gasteiger partial charge in [0.05, 0.1) is 24.3 Å². The lowest BCUT2D eigenvalue weighted by Crippen LogP contribution is -2.25. The van der Waals surface area contributed by atoms with Crippen LogP contribution in [0.1, 0.15) is 34.8 Å². The fourth-order valence-corrected chi connectivity index (χ4v) is 2.30. The van der Waals surface area contributed by atoms with Gasteiger partial charge in [-0.1, -0.05) is 42.0 Å². The van der Waals surface area contributed by atoms with Crippen molar-refractivity contribution in [3.05, 3.63) is 65.2 Å². The maximum absolute atomic E-state index is 12.5. The second-order valence-corrected chi connectivity index (χ2v) is 5.71. The van der Waals surface area contributed by atoms with Crippen LogP contribution in [0, 0.1) is 6.92 Å². The molecule has 0 saturated heterocycles. The van der Waals surface area contributed by atoms with E-state index < -0.39 is 0 Å². The Labute approximate surface area is 148 Å². The standard InChI is InChI=1S/C20H24N2O3/c1-3-25-13-12-19(23)22-18-7-5-4-6-17(18)20(24)21-14-16-10-8-15(2)9-11-16/h4-11H,3,12-14H2,1-2H3,(H,21,24)(H,22,23). The van der Waals surface area contributed by atoms with Crippen molar-refractivity contribution in [3.63, 3.8) is 0 Å². The van der Waals surface area contributed by atoms with Crippen LogP contribution in [0.4, 0.5) is 5.69 Å². The summed E-state index contributed by atoms with van der Waals surface area (Å²) in [6.07, 6.45) is 0.257. The second-order valence-electron chi connectivity index (χ2n) is 5.71. The minimum absolute atomic E-state index is 0.174. The Bertz CT molecular complexity index is 711. The first-order valence-electron chi connectivity index (χ1n) is 8.40. The zero-order valence-corrected chi connectivity index (χ0v) is 14.7. The van der Waals surface area contributed by atoms with Gasteiger partial charge in [-0.25, -0.2) is 0 Å². The topological polar surface area (TPSA) is 67.4 Å². The summed E-state index contributed by atoms with van der Waals surface area (Å²) in [7, 11) is 0. The van der Waals surface area contributed by atoms with Crippen molar-refractivity contribution < 1.29 is 14.3 Å². The number of carbonyl (C=O) groups is 2. The predicted molar refractivity (Wildman–Crippen MR) is 98.5 cm³/mol. The number of benzene rings is 2. The molecule has 5 heteroatoms. The number of hydrogen-bond donors (Lipinski definition) is 2. The van der Waals surface area contributed by atoms with Gasteiger partial charge in [0.15, 0.2) is 0 Å². The number of rotatable bonds is 8. The van der Waals surface area contributed by atoms with Crippen molar-refractivity contribution in [1.82, 2.24) is 5.32 Å². The van der Waals surface area contributed by atoms with Crippen LogP contribution in [0.2, 0.25) is 0 Å². The molecule has 2 aromatic carbocycles. The Kier molecular flexibility index (Phi) is 7.16. The summed E-state index contributed by atoms with van der Waals surface area (Å²) in [5.74, 6) is -0.395. The Morgan fingerprint density at radius 2 is 1.76 bits per heavy atom. The quantitative estimate of drug-likeness (QED) is 0.725. The number of hydrogen-bond acceptors (Lipinski definition) is 3. The van der Waals surface area contributed by atoms with Crippen LogP contribution in [0.25, 0.3) is 0 Å². The van der Waals surface area contributed by atoms with Gasteiger partial charge in [-0.3, -0.25) is 9.59 Å². The van der Waals surface area contributed by atoms with Crippen LogP contribution in [0.5, 0.6) is 0 Å². The van der Waals surface area contributed by atoms with Gasteiger partial charge in [-0.15, -0.1) is 0 Å². The SMILES string of the molecule is CCOCCC(=O)Nc1ccccc1C(=O)NCc1ccc(C)cc1. The molecule has 0 unspecified atom stereocenters. The van der Waals surface area contributed by atoms with E-state index in [2.05, 4.69) is 10.6 Å². The van der Waals surface area contributed by atoms with Crippen LogP contribution in [-0.4, -0.2) is 25.0 Å². The molecule has 25 heavy (non-hydrogen) atoms. The Morgan fingerprint density at radius 1 is 1.04 bits per heavy atom. The number of anilines is 1. The van der Waals surface area contributed by atoms with E-state index in [0.29, 0.717) is 31.0 Å². The Balaban J connectivity index is 1.97. The smallest absolute Gasteiger partial charge is 0.253 e. The fraction of sp³-hybridized carbons (Fsp3) is 0.300. The Hall–Kier alpha value is -2.66. The lowest BCUT2D eigenvalue weighted by molar-refractivity contribution is -0.117. The van der Waals surface area contributed by atoms with Crippen molar-refractivity contribution in [2.24, 2.45) is 0 Å². The van der Waals surface area contributed by atoms with Crippen LogP contribution < -0.4 is 10.6 Å². The number of aryl methyl sites for hydroxylation is 1. The third-order valence-corrected chi connectivity index (χ3v) is 3.70. The van der Waals surface area contributed by atoms with Crippen molar-refractivity contribution >= 4 is 17.5 Å². The van der Waals surface area contributed by atoms with E-state index in [1.807, 2.05) is 38.1 Å². The van der Waals surface area contributed by atoms with Crippen molar-refractivity contribution in [3.8, 4) is 0 Å². The van der Waals surface area contributed by atoms with Crippen LogP contribution in [0.3, 0.4) is 0 Å². The molecular weight excluding hydrogens is 316 g/mol. The molecule has 2 amide bonds. The highest BCUT2D eigenvalue weighted by Gasteiger charge is 2.12. The molecule has 132 valence electrons. The van der Waals surface area contributed by atoms with Gasteiger partial charge in [0.2, 0.25) is 5.91 Å². The van der Waals surface area contributed by atoms with Gasteiger partial charge in [-0.05, 0) is 31.5 Å². The lowest BCUT2D eigenvalue weighted by Gasteiger charge is -2.12. The summed E-state index contributed by atoms with van der Waals surface area (Å²) in [4.78, 5) is 24.4. The highest BCUT2D eigenvalue weighted by molar-refractivity contribution is 6.03. The Morgan fingerprint density at radius 3 is 2.48 bits per heavy atom. The van der Waals surface area contributed by atoms with Gasteiger partial charge in [-0.2, -0.15) is 0 Å². The first-order valence-corrected chi connectivity index (χ1v) is 8.40. The molecule has 2 aromatic rings. The number of amides is 2. The molecule has 0 aliphatic rings. The van der Waals surface area contributed by atoms with E-state index in [1.54, 1.807) is 24.3 Å². The highest BCUT2D eigenvalue weighted by atomic mass is 16.5. The molecule has 0 fully saturated rings. The normalized spacial score (nSPS) is 10.3. The number of nitrogens with one attached hydrogen (secondary N) is 2. The molecule has 0 atom stereocenters. The average Bonchev–Trinajstić information content (AvgIpc) is 2.61. The van der Waals surface area contributed by atoms with Crippen LogP contribution in [0.15, 0.2) is 48.5 Å². The summed E-state index contributed by atoms with van der Waals surface area (Å²) in [6.45, 7) is 5.28. The molecule has 0 aromatic heterocycles. The van der Waals surface area contributed by atoms with Gasteiger partial charge >= 0.3 is 0 Å². The monoisotopic (exact) mass is 340 g/mol. The highest BCUT2D eigenvalue weighted by Crippen LogP contribution is 2.15. The molecule has 0 radical (unpaired) electrons. The molecule has 2 N–H and O–H groups in total. The number of ether oxygens (including phenoxy) is 1. The summed E-state index contributed by atoms with van der Waals surface area (Å²) < 4.78 is 5.18. The summed E-state index contributed by atoms with van der Waals surface area (Å²) in [6, 6.07) is 15.0. The van der Waals surface area contributed by atoms with E-state index in [0.717, 1.165) is 5.56 Å². The molecule has 0 saturated carbocycles. The van der Waals surface area contributed by atoms with E-state index >= 15 is 0 Å². The average molecular weight is 340 g/mol. The summed E-state index contributed by atoms with van der Waals surface area (Å²) >= 11 is 0. The van der Waals surface area contributed by atoms with Crippen LogP contribution >= 0.6 is 0 Å². The molecule has 5 nitrogen and oxygen atoms in total. The summed E-state index contributed by atoms with van der Waals surface area (Å²) in [5, 5.41) is 5.66. The maximum Gasteiger partial charge on any atom is 0.253 e. The lowest BCUT2D eigenvalue weighted by atomic mass is 10.1. The zero-order chi connectivity index (χ0) is 18.1. The van der Waals surface area contributed by atoms with Crippen molar-refractivity contribution in [1.29, 1.82) is 0 Å². The molecule has 0 heterocycles. The van der Waals surface area contributed by atoms with E-state index in [9.17, 15) is 9.59 Å². The first-order chi connectivity index (χ1) is 12.1. The van der Waals surface area contributed by atoms with Gasteiger partial charge in [0.25, 0.3) is 5.91 Å². The molecule has 0 aliphatic carbocycles. The number of carbonyl (C=O) groups excluding carboxylic acids is 2. The minimum Gasteiger partial charge on any atom is -0.381 e. The molecule has 0 spiro atoms.